The fourth-order valence-corrected chi connectivity index (χ4v) is 6.05. The van der Waals surface area contributed by atoms with Crippen molar-refractivity contribution in [3.63, 3.8) is 0 Å². The fourth-order valence-electron chi connectivity index (χ4n) is 6.05. The van der Waals surface area contributed by atoms with Crippen molar-refractivity contribution in [2.24, 2.45) is 0 Å². The number of fused-ring (bicyclic) bond motifs is 1. The number of carbonyl (C=O) groups is 2. The second-order valence-electron chi connectivity index (χ2n) is 11.9. The van der Waals surface area contributed by atoms with Crippen molar-refractivity contribution in [3.05, 3.63) is 149 Å². The number of amides is 2. The van der Waals surface area contributed by atoms with Crippen molar-refractivity contribution in [1.29, 1.82) is 0 Å². The summed E-state index contributed by atoms with van der Waals surface area (Å²) in [4.78, 5) is 36.5. The molecule has 5 aromatic rings. The maximum absolute atomic E-state index is 14.6. The van der Waals surface area contributed by atoms with Crippen molar-refractivity contribution in [2.75, 3.05) is 6.54 Å². The molecule has 1 aliphatic rings. The van der Waals surface area contributed by atoms with Gasteiger partial charge in [0.05, 0.1) is 11.3 Å². The summed E-state index contributed by atoms with van der Waals surface area (Å²) in [5, 5.41) is 7.07. The molecule has 0 bridgehead atoms. The first-order chi connectivity index (χ1) is 23.2. The number of nitrogens with one attached hydrogen (secondary N) is 1. The maximum Gasteiger partial charge on any atom is 0.416 e. The Kier molecular flexibility index (Phi) is 9.52. The normalized spacial score (nSPS) is 14.4. The highest BCUT2D eigenvalue weighted by Gasteiger charge is 2.38. The van der Waals surface area contributed by atoms with Crippen molar-refractivity contribution in [3.8, 4) is 11.3 Å². The van der Waals surface area contributed by atoms with Gasteiger partial charge in [0.25, 0.3) is 0 Å². The zero-order valence-electron chi connectivity index (χ0n) is 26.3. The summed E-state index contributed by atoms with van der Waals surface area (Å²) >= 11 is 0. The standard InChI is InChI=1S/C38H34F3N5O2/c1-26(33-19-22-43-44-33)36(37(48)45-23-20-29-6-2-3-7-31(29)25-45)46(24-28-9-14-30(15-10-28)34-8-4-5-21-42-34)35(47)18-13-27-11-16-32(17-12-27)38(39,40)41/h2-19,21-22,26,36H,20,23-25H2,1H3,(H,43,44). The Labute approximate surface area is 276 Å². The minimum Gasteiger partial charge on any atom is -0.336 e. The number of alkyl halides is 3. The second-order valence-corrected chi connectivity index (χ2v) is 11.9. The Hall–Kier alpha value is -5.51. The lowest BCUT2D eigenvalue weighted by atomic mass is 9.92. The lowest BCUT2D eigenvalue weighted by Crippen LogP contribution is -2.53. The molecule has 2 unspecified atom stereocenters. The third-order valence-electron chi connectivity index (χ3n) is 8.72. The number of halogens is 3. The Bertz CT molecular complexity index is 1870. The average molecular weight is 650 g/mol. The average Bonchev–Trinajstić information content (AvgIpc) is 3.66. The highest BCUT2D eigenvalue weighted by Crippen LogP contribution is 2.31. The third-order valence-corrected chi connectivity index (χ3v) is 8.72. The van der Waals surface area contributed by atoms with E-state index >= 15 is 0 Å². The van der Waals surface area contributed by atoms with Crippen LogP contribution < -0.4 is 0 Å². The molecule has 0 saturated heterocycles. The summed E-state index contributed by atoms with van der Waals surface area (Å²) in [5.41, 5.74) is 5.12. The van der Waals surface area contributed by atoms with E-state index in [1.54, 1.807) is 28.3 Å². The van der Waals surface area contributed by atoms with Crippen LogP contribution in [0.2, 0.25) is 0 Å². The highest BCUT2D eigenvalue weighted by atomic mass is 19.4. The van der Waals surface area contributed by atoms with Crippen LogP contribution in [0.4, 0.5) is 13.2 Å². The molecule has 10 heteroatoms. The van der Waals surface area contributed by atoms with E-state index in [4.69, 9.17) is 0 Å². The molecule has 2 atom stereocenters. The topological polar surface area (TPSA) is 82.2 Å². The van der Waals surface area contributed by atoms with Gasteiger partial charge >= 0.3 is 6.18 Å². The van der Waals surface area contributed by atoms with Crippen LogP contribution in [0.15, 0.2) is 116 Å². The molecule has 2 aromatic heterocycles. The predicted molar refractivity (Wildman–Crippen MR) is 177 cm³/mol. The van der Waals surface area contributed by atoms with Crippen LogP contribution in [0, 0.1) is 0 Å². The Balaban J connectivity index is 1.35. The van der Waals surface area contributed by atoms with Crippen molar-refractivity contribution >= 4 is 17.9 Å². The third kappa shape index (κ3) is 7.38. The molecule has 0 aliphatic carbocycles. The van der Waals surface area contributed by atoms with Crippen LogP contribution in [0.25, 0.3) is 17.3 Å². The second kappa shape index (κ2) is 14.1. The molecule has 0 fully saturated rings. The summed E-state index contributed by atoms with van der Waals surface area (Å²) in [7, 11) is 0. The minimum absolute atomic E-state index is 0.109. The quantitative estimate of drug-likeness (QED) is 0.170. The van der Waals surface area contributed by atoms with Crippen molar-refractivity contribution in [2.45, 2.75) is 44.6 Å². The number of hydrogen-bond acceptors (Lipinski definition) is 4. The first-order valence-electron chi connectivity index (χ1n) is 15.7. The number of hydrogen-bond donors (Lipinski definition) is 1. The van der Waals surface area contributed by atoms with E-state index in [9.17, 15) is 22.8 Å². The largest absolute Gasteiger partial charge is 0.416 e. The molecule has 2 amide bonds. The Morgan fingerprint density at radius 3 is 2.31 bits per heavy atom. The first kappa shape index (κ1) is 32.4. The lowest BCUT2D eigenvalue weighted by Gasteiger charge is -2.39. The smallest absolute Gasteiger partial charge is 0.336 e. The molecule has 1 N–H and O–H groups in total. The van der Waals surface area contributed by atoms with Crippen molar-refractivity contribution < 1.29 is 22.8 Å². The molecule has 3 heterocycles. The molecule has 48 heavy (non-hydrogen) atoms. The Morgan fingerprint density at radius 2 is 1.65 bits per heavy atom. The van der Waals surface area contributed by atoms with Gasteiger partial charge in [0.1, 0.15) is 6.04 Å². The monoisotopic (exact) mass is 649 g/mol. The summed E-state index contributed by atoms with van der Waals surface area (Å²) in [6, 6.07) is 26.8. The van der Waals surface area contributed by atoms with Gasteiger partial charge in [-0.1, -0.05) is 73.7 Å². The fraction of sp³-hybridized carbons (Fsp3) is 0.211. The van der Waals surface area contributed by atoms with Gasteiger partial charge < -0.3 is 9.80 Å². The van der Waals surface area contributed by atoms with E-state index in [1.807, 2.05) is 67.6 Å². The molecule has 3 aromatic carbocycles. The molecule has 244 valence electrons. The van der Waals surface area contributed by atoms with Gasteiger partial charge in [0.2, 0.25) is 11.8 Å². The molecule has 0 saturated carbocycles. The molecular formula is C38H34F3N5O2. The number of benzene rings is 3. The molecule has 1 aliphatic heterocycles. The lowest BCUT2D eigenvalue weighted by molar-refractivity contribution is -0.145. The SMILES string of the molecule is CC(c1ccn[nH]1)C(C(=O)N1CCc2ccccc2C1)N(Cc1ccc(-c2ccccn2)cc1)C(=O)C=Cc1ccc(C(F)(F)F)cc1. The number of nitrogens with zero attached hydrogens (tertiary/aromatic N) is 4. The van der Waals surface area contributed by atoms with Crippen molar-refractivity contribution in [1.82, 2.24) is 25.0 Å². The van der Waals surface area contributed by atoms with E-state index in [0.29, 0.717) is 30.8 Å². The van der Waals surface area contributed by atoms with Crippen LogP contribution in [0.3, 0.4) is 0 Å². The minimum atomic E-state index is -4.47. The number of carbonyl (C=O) groups excluding carboxylic acids is 2. The van der Waals surface area contributed by atoms with E-state index in [2.05, 4.69) is 21.2 Å². The van der Waals surface area contributed by atoms with Crippen LogP contribution in [-0.2, 0) is 35.3 Å². The number of pyridine rings is 1. The molecule has 0 spiro atoms. The number of H-pyrrole nitrogens is 1. The zero-order valence-corrected chi connectivity index (χ0v) is 26.3. The van der Waals surface area contributed by atoms with Gasteiger partial charge in [-0.05, 0) is 65.1 Å². The molecule has 7 nitrogen and oxygen atoms in total. The van der Waals surface area contributed by atoms with Gasteiger partial charge in [-0.15, -0.1) is 0 Å². The van der Waals surface area contributed by atoms with Gasteiger partial charge in [0.15, 0.2) is 0 Å². The summed E-state index contributed by atoms with van der Waals surface area (Å²) in [6.07, 6.45) is 2.35. The molecular weight excluding hydrogens is 615 g/mol. The Morgan fingerprint density at radius 1 is 0.917 bits per heavy atom. The van der Waals surface area contributed by atoms with E-state index in [0.717, 1.165) is 34.5 Å². The summed E-state index contributed by atoms with van der Waals surface area (Å²) in [6.45, 7) is 2.92. The van der Waals surface area contributed by atoms with Gasteiger partial charge in [0, 0.05) is 55.3 Å². The van der Waals surface area contributed by atoms with E-state index < -0.39 is 29.6 Å². The molecule has 0 radical (unpaired) electrons. The molecule has 6 rings (SSSR count). The number of rotatable bonds is 9. The zero-order chi connectivity index (χ0) is 33.7. The van der Waals surface area contributed by atoms with Gasteiger partial charge in [-0.2, -0.15) is 18.3 Å². The summed E-state index contributed by atoms with van der Waals surface area (Å²) in [5.74, 6) is -1.12. The number of aromatic nitrogens is 3. The van der Waals surface area contributed by atoms with Gasteiger partial charge in [-0.3, -0.25) is 19.7 Å². The van der Waals surface area contributed by atoms with Crippen LogP contribution in [0.1, 0.15) is 46.4 Å². The van der Waals surface area contributed by atoms with Crippen LogP contribution >= 0.6 is 0 Å². The van der Waals surface area contributed by atoms with E-state index in [-0.39, 0.29) is 12.5 Å². The highest BCUT2D eigenvalue weighted by molar-refractivity contribution is 5.96. The van der Waals surface area contributed by atoms with Crippen LogP contribution in [-0.4, -0.2) is 49.4 Å². The van der Waals surface area contributed by atoms with E-state index in [1.165, 1.54) is 29.8 Å². The maximum atomic E-state index is 14.6. The van der Waals surface area contributed by atoms with Gasteiger partial charge in [-0.25, -0.2) is 0 Å². The predicted octanol–water partition coefficient (Wildman–Crippen LogP) is 7.29. The van der Waals surface area contributed by atoms with Crippen LogP contribution in [0.5, 0.6) is 0 Å². The first-order valence-corrected chi connectivity index (χ1v) is 15.7. The number of aromatic amines is 1. The summed E-state index contributed by atoms with van der Waals surface area (Å²) < 4.78 is 39.4.